The summed E-state index contributed by atoms with van der Waals surface area (Å²) in [6.07, 6.45) is 5.70. The van der Waals surface area contributed by atoms with Crippen LogP contribution in [0.15, 0.2) is 10.8 Å². The van der Waals surface area contributed by atoms with E-state index in [1.807, 2.05) is 6.92 Å². The molecule has 0 amide bonds. The summed E-state index contributed by atoms with van der Waals surface area (Å²) in [5.41, 5.74) is 3.43. The maximum absolute atomic E-state index is 11.9. The summed E-state index contributed by atoms with van der Waals surface area (Å²) in [7, 11) is 0. The van der Waals surface area contributed by atoms with Gasteiger partial charge in [0.15, 0.2) is 16.9 Å². The fourth-order valence-electron chi connectivity index (χ4n) is 1.96. The molecular weight excluding hydrogens is 240 g/mol. The highest BCUT2D eigenvalue weighted by Gasteiger charge is 2.24. The normalized spacial score (nSPS) is 26.7. The molecule has 0 radical (unpaired) electrons. The molecular formula is C11H18N2O3S. The Morgan fingerprint density at radius 2 is 2.18 bits per heavy atom. The molecule has 1 N–H and O–H groups in total. The van der Waals surface area contributed by atoms with Crippen LogP contribution in [0.2, 0.25) is 0 Å². The molecule has 1 aromatic rings. The Labute approximate surface area is 104 Å². The van der Waals surface area contributed by atoms with Crippen molar-refractivity contribution < 1.29 is 13.0 Å². The van der Waals surface area contributed by atoms with Gasteiger partial charge in [-0.3, -0.25) is 0 Å². The number of aryl methyl sites for hydroxylation is 1. The molecule has 17 heavy (non-hydrogen) atoms. The Kier molecular flexibility index (Phi) is 4.17. The third-order valence-electron chi connectivity index (χ3n) is 3.20. The summed E-state index contributed by atoms with van der Waals surface area (Å²) in [4.78, 5) is 0. The summed E-state index contributed by atoms with van der Waals surface area (Å²) in [5, 5.41) is 3.83. The van der Waals surface area contributed by atoms with Crippen LogP contribution in [0, 0.1) is 12.8 Å². The number of hydrogen-bond donors (Lipinski definition) is 1. The summed E-state index contributed by atoms with van der Waals surface area (Å²) < 4.78 is 21.8. The molecule has 1 aromatic heterocycles. The molecule has 1 aliphatic rings. The fourth-order valence-corrected chi connectivity index (χ4v) is 2.91. The van der Waals surface area contributed by atoms with Crippen LogP contribution in [0.3, 0.4) is 0 Å². The van der Waals surface area contributed by atoms with E-state index in [-0.39, 0.29) is 5.25 Å². The average Bonchev–Trinajstić information content (AvgIpc) is 2.73. The molecule has 1 aliphatic carbocycles. The van der Waals surface area contributed by atoms with Crippen molar-refractivity contribution in [3.8, 4) is 0 Å². The van der Waals surface area contributed by atoms with Gasteiger partial charge in [-0.2, -0.15) is 4.28 Å². The number of anilines is 1. The minimum Gasteiger partial charge on any atom is -0.362 e. The Balaban J connectivity index is 1.80. The molecule has 0 saturated heterocycles. The van der Waals surface area contributed by atoms with Crippen molar-refractivity contribution >= 4 is 16.9 Å². The molecule has 1 unspecified atom stereocenters. The highest BCUT2D eigenvalue weighted by Crippen LogP contribution is 2.27. The average molecular weight is 258 g/mol. The van der Waals surface area contributed by atoms with E-state index in [1.54, 1.807) is 0 Å². The highest BCUT2D eigenvalue weighted by molar-refractivity contribution is 7.80. The van der Waals surface area contributed by atoms with E-state index in [4.69, 9.17) is 8.81 Å². The van der Waals surface area contributed by atoms with Gasteiger partial charge in [0, 0.05) is 5.56 Å². The van der Waals surface area contributed by atoms with E-state index < -0.39 is 11.1 Å². The lowest BCUT2D eigenvalue weighted by Crippen LogP contribution is -2.24. The van der Waals surface area contributed by atoms with Crippen molar-refractivity contribution in [2.75, 3.05) is 5.48 Å². The maximum atomic E-state index is 11.9. The van der Waals surface area contributed by atoms with Crippen LogP contribution in [0.25, 0.3) is 0 Å². The molecule has 0 bridgehead atoms. The Morgan fingerprint density at radius 3 is 2.76 bits per heavy atom. The third kappa shape index (κ3) is 3.29. The zero-order chi connectivity index (χ0) is 12.3. The van der Waals surface area contributed by atoms with Gasteiger partial charge in [-0.05, 0) is 38.5 Å². The largest absolute Gasteiger partial charge is 0.362 e. The molecule has 0 aromatic carbocycles. The van der Waals surface area contributed by atoms with Crippen LogP contribution < -0.4 is 5.48 Å². The minimum absolute atomic E-state index is 0.130. The Bertz CT molecular complexity index is 386. The monoisotopic (exact) mass is 258 g/mol. The summed E-state index contributed by atoms with van der Waals surface area (Å²) >= 11 is -1.31. The molecule has 1 saturated carbocycles. The van der Waals surface area contributed by atoms with Gasteiger partial charge < -0.3 is 4.52 Å². The van der Waals surface area contributed by atoms with Crippen LogP contribution in [0.5, 0.6) is 0 Å². The zero-order valence-electron chi connectivity index (χ0n) is 10.1. The van der Waals surface area contributed by atoms with Crippen molar-refractivity contribution in [1.82, 2.24) is 5.16 Å². The van der Waals surface area contributed by atoms with E-state index in [1.165, 1.54) is 6.26 Å². The third-order valence-corrected chi connectivity index (χ3v) is 4.47. The molecule has 1 atom stereocenters. The van der Waals surface area contributed by atoms with Gasteiger partial charge in [-0.1, -0.05) is 12.1 Å². The standard InChI is InChI=1S/C11H18N2O3S/c1-8-3-5-10(6-4-8)17(14)16-13-11-9(2)7-15-12-11/h7-8,10H,3-6H2,1-2H3,(H,12,13). The molecule has 2 rings (SSSR count). The van der Waals surface area contributed by atoms with Gasteiger partial charge in [0.25, 0.3) is 0 Å². The first-order valence-corrected chi connectivity index (χ1v) is 7.05. The first-order chi connectivity index (χ1) is 8.16. The van der Waals surface area contributed by atoms with Crippen molar-refractivity contribution in [3.63, 3.8) is 0 Å². The molecule has 5 nitrogen and oxygen atoms in total. The second kappa shape index (κ2) is 5.64. The van der Waals surface area contributed by atoms with E-state index >= 15 is 0 Å². The van der Waals surface area contributed by atoms with Gasteiger partial charge in [-0.25, -0.2) is 9.69 Å². The fraction of sp³-hybridized carbons (Fsp3) is 0.727. The van der Waals surface area contributed by atoms with Crippen LogP contribution >= 0.6 is 0 Å². The van der Waals surface area contributed by atoms with E-state index in [9.17, 15) is 4.21 Å². The van der Waals surface area contributed by atoms with Gasteiger partial charge in [0.1, 0.15) is 6.26 Å². The van der Waals surface area contributed by atoms with E-state index in [0.717, 1.165) is 37.2 Å². The van der Waals surface area contributed by atoms with Crippen LogP contribution in [0.1, 0.15) is 38.2 Å². The van der Waals surface area contributed by atoms with E-state index in [2.05, 4.69) is 17.6 Å². The molecule has 96 valence electrons. The van der Waals surface area contributed by atoms with Gasteiger partial charge in [0.2, 0.25) is 0 Å². The number of aromatic nitrogens is 1. The number of nitrogens with zero attached hydrogens (tertiary/aromatic N) is 1. The predicted octanol–water partition coefficient (Wildman–Crippen LogP) is 2.57. The lowest BCUT2D eigenvalue weighted by molar-refractivity contribution is 0.358. The van der Waals surface area contributed by atoms with Crippen LogP contribution in [0.4, 0.5) is 5.82 Å². The Morgan fingerprint density at radius 1 is 1.47 bits per heavy atom. The second-order valence-electron chi connectivity index (χ2n) is 4.67. The smallest absolute Gasteiger partial charge is 0.196 e. The van der Waals surface area contributed by atoms with Gasteiger partial charge in [-0.15, -0.1) is 0 Å². The number of hydrogen-bond acceptors (Lipinski definition) is 5. The molecule has 0 spiro atoms. The SMILES string of the molecule is Cc1conc1NOS(=O)C1CCC(C)CC1. The van der Waals surface area contributed by atoms with Crippen LogP contribution in [-0.4, -0.2) is 14.6 Å². The molecule has 6 heteroatoms. The Hall–Kier alpha value is -0.880. The van der Waals surface area contributed by atoms with Crippen molar-refractivity contribution in [2.45, 2.75) is 44.8 Å². The lowest BCUT2D eigenvalue weighted by Gasteiger charge is -2.24. The first-order valence-electron chi connectivity index (χ1n) is 5.91. The molecule has 1 heterocycles. The topological polar surface area (TPSA) is 64.4 Å². The molecule has 1 fully saturated rings. The highest BCUT2D eigenvalue weighted by atomic mass is 32.2. The number of nitrogens with one attached hydrogen (secondary N) is 1. The minimum atomic E-state index is -1.31. The molecule has 0 aliphatic heterocycles. The zero-order valence-corrected chi connectivity index (χ0v) is 11.0. The predicted molar refractivity (Wildman–Crippen MR) is 65.5 cm³/mol. The summed E-state index contributed by atoms with van der Waals surface area (Å²) in [6.45, 7) is 4.07. The first kappa shape index (κ1) is 12.6. The quantitative estimate of drug-likeness (QED) is 0.841. The lowest BCUT2D eigenvalue weighted by atomic mass is 9.91. The van der Waals surface area contributed by atoms with Gasteiger partial charge in [0.05, 0.1) is 5.25 Å². The summed E-state index contributed by atoms with van der Waals surface area (Å²) in [5.74, 6) is 1.23. The second-order valence-corrected chi connectivity index (χ2v) is 6.03. The maximum Gasteiger partial charge on any atom is 0.196 e. The van der Waals surface area contributed by atoms with Crippen molar-refractivity contribution in [1.29, 1.82) is 0 Å². The van der Waals surface area contributed by atoms with Crippen molar-refractivity contribution in [2.24, 2.45) is 5.92 Å². The van der Waals surface area contributed by atoms with E-state index in [0.29, 0.717) is 5.82 Å². The number of rotatable bonds is 4. The van der Waals surface area contributed by atoms with Gasteiger partial charge >= 0.3 is 0 Å². The summed E-state index contributed by atoms with van der Waals surface area (Å²) in [6, 6.07) is 0. The van der Waals surface area contributed by atoms with Crippen LogP contribution in [-0.2, 0) is 15.4 Å². The van der Waals surface area contributed by atoms with Crippen molar-refractivity contribution in [3.05, 3.63) is 11.8 Å².